The summed E-state index contributed by atoms with van der Waals surface area (Å²) in [5.74, 6) is 2.71. The summed E-state index contributed by atoms with van der Waals surface area (Å²) in [6.07, 6.45) is 4.48. The number of hydrogen-bond donors (Lipinski definition) is 0. The number of aromatic nitrogens is 1. The van der Waals surface area contributed by atoms with Crippen LogP contribution in [0.25, 0.3) is 0 Å². The molecule has 2 heterocycles. The van der Waals surface area contributed by atoms with Crippen LogP contribution in [0, 0.1) is 5.92 Å². The van der Waals surface area contributed by atoms with Crippen LogP contribution in [0.15, 0.2) is 18.3 Å². The van der Waals surface area contributed by atoms with E-state index >= 15 is 0 Å². The largest absolute Gasteiger partial charge is 0.487 e. The molecule has 0 bridgehead atoms. The van der Waals surface area contributed by atoms with Gasteiger partial charge in [-0.15, -0.1) is 0 Å². The second-order valence-electron chi connectivity index (χ2n) is 5.08. The molecule has 0 atom stereocenters. The van der Waals surface area contributed by atoms with E-state index in [2.05, 4.69) is 25.8 Å². The van der Waals surface area contributed by atoms with Crippen LogP contribution < -0.4 is 9.64 Å². The van der Waals surface area contributed by atoms with Gasteiger partial charge in [0.1, 0.15) is 0 Å². The Morgan fingerprint density at radius 2 is 2.17 bits per heavy atom. The minimum Gasteiger partial charge on any atom is -0.487 e. The summed E-state index contributed by atoms with van der Waals surface area (Å²) in [5, 5.41) is 1.11. The zero-order valence-corrected chi connectivity index (χ0v) is 12.7. The number of nitrogens with zero attached hydrogens (tertiary/aromatic N) is 2. The highest BCUT2D eigenvalue weighted by Gasteiger charge is 2.21. The highest BCUT2D eigenvalue weighted by atomic mass is 79.9. The summed E-state index contributed by atoms with van der Waals surface area (Å²) in [5.41, 5.74) is 0. The fraction of sp³-hybridized carbons (Fsp3) is 0.643. The Kier molecular flexibility index (Phi) is 4.87. The van der Waals surface area contributed by atoms with Crippen LogP contribution in [0.2, 0.25) is 0 Å². The number of ether oxygens (including phenoxy) is 1. The van der Waals surface area contributed by atoms with Crippen LogP contribution in [0.1, 0.15) is 26.7 Å². The number of piperidine rings is 1. The predicted octanol–water partition coefficient (Wildman–Crippen LogP) is 3.48. The monoisotopic (exact) mass is 312 g/mol. The van der Waals surface area contributed by atoms with Crippen molar-refractivity contribution in [2.24, 2.45) is 5.92 Å². The molecule has 1 saturated heterocycles. The molecule has 0 aromatic carbocycles. The maximum absolute atomic E-state index is 5.84. The number of anilines is 1. The third-order valence-corrected chi connectivity index (χ3v) is 4.16. The molecule has 0 amide bonds. The second-order valence-corrected chi connectivity index (χ2v) is 5.72. The van der Waals surface area contributed by atoms with E-state index in [4.69, 9.17) is 4.74 Å². The predicted molar refractivity (Wildman–Crippen MR) is 78.7 cm³/mol. The second kappa shape index (κ2) is 6.41. The lowest BCUT2D eigenvalue weighted by molar-refractivity contribution is 0.241. The van der Waals surface area contributed by atoms with Crippen LogP contribution >= 0.6 is 15.9 Å². The standard InChI is InChI=1S/C14H21BrN2O/c1-11(2)18-13-4-3-7-16-14(13)17-8-5-12(10-15)6-9-17/h3-4,7,11-12H,5-6,8-10H2,1-2H3. The molecule has 0 N–H and O–H groups in total. The Balaban J connectivity index is 2.08. The molecule has 1 aromatic heterocycles. The first-order valence-electron chi connectivity index (χ1n) is 6.63. The summed E-state index contributed by atoms with van der Waals surface area (Å²) in [4.78, 5) is 6.84. The van der Waals surface area contributed by atoms with Crippen LogP contribution in [0.5, 0.6) is 5.75 Å². The maximum Gasteiger partial charge on any atom is 0.171 e. The van der Waals surface area contributed by atoms with E-state index in [1.165, 1.54) is 12.8 Å². The third kappa shape index (κ3) is 3.37. The van der Waals surface area contributed by atoms with E-state index in [0.29, 0.717) is 0 Å². The SMILES string of the molecule is CC(C)Oc1cccnc1N1CCC(CBr)CC1. The molecule has 18 heavy (non-hydrogen) atoms. The van der Waals surface area contributed by atoms with Crippen molar-refractivity contribution in [2.45, 2.75) is 32.8 Å². The summed E-state index contributed by atoms with van der Waals surface area (Å²) in [6, 6.07) is 3.95. The molecular formula is C14H21BrN2O. The molecule has 2 rings (SSSR count). The molecule has 1 aliphatic heterocycles. The van der Waals surface area contributed by atoms with Crippen molar-refractivity contribution in [3.8, 4) is 5.75 Å². The Morgan fingerprint density at radius 1 is 1.44 bits per heavy atom. The fourth-order valence-corrected chi connectivity index (χ4v) is 2.91. The van der Waals surface area contributed by atoms with E-state index < -0.39 is 0 Å². The number of pyridine rings is 1. The van der Waals surface area contributed by atoms with Gasteiger partial charge in [-0.25, -0.2) is 4.98 Å². The van der Waals surface area contributed by atoms with Crippen molar-refractivity contribution in [3.63, 3.8) is 0 Å². The summed E-state index contributed by atoms with van der Waals surface area (Å²) >= 11 is 3.58. The zero-order valence-electron chi connectivity index (χ0n) is 11.1. The Labute approximate surface area is 118 Å². The molecule has 1 aliphatic rings. The molecule has 4 heteroatoms. The van der Waals surface area contributed by atoms with Crippen LogP contribution in [0.4, 0.5) is 5.82 Å². The summed E-state index contributed by atoms with van der Waals surface area (Å²) in [6.45, 7) is 6.24. The van der Waals surface area contributed by atoms with Crippen LogP contribution in [-0.2, 0) is 0 Å². The van der Waals surface area contributed by atoms with Crippen molar-refractivity contribution in [3.05, 3.63) is 18.3 Å². The van der Waals surface area contributed by atoms with Gasteiger partial charge in [0.25, 0.3) is 0 Å². The average molecular weight is 313 g/mol. The van der Waals surface area contributed by atoms with Crippen molar-refractivity contribution in [2.75, 3.05) is 23.3 Å². The quantitative estimate of drug-likeness (QED) is 0.796. The summed E-state index contributed by atoms with van der Waals surface area (Å²) in [7, 11) is 0. The lowest BCUT2D eigenvalue weighted by Gasteiger charge is -2.33. The molecule has 1 aromatic rings. The van der Waals surface area contributed by atoms with E-state index in [1.54, 1.807) is 0 Å². The van der Waals surface area contributed by atoms with Crippen molar-refractivity contribution in [1.29, 1.82) is 0 Å². The van der Waals surface area contributed by atoms with E-state index in [0.717, 1.165) is 35.9 Å². The van der Waals surface area contributed by atoms with Gasteiger partial charge < -0.3 is 9.64 Å². The summed E-state index contributed by atoms with van der Waals surface area (Å²) < 4.78 is 5.84. The Hall–Kier alpha value is -0.770. The van der Waals surface area contributed by atoms with E-state index in [9.17, 15) is 0 Å². The molecule has 100 valence electrons. The zero-order chi connectivity index (χ0) is 13.0. The number of halogens is 1. The highest BCUT2D eigenvalue weighted by molar-refractivity contribution is 9.09. The topological polar surface area (TPSA) is 25.4 Å². The minimum atomic E-state index is 0.188. The van der Waals surface area contributed by atoms with E-state index in [-0.39, 0.29) is 6.10 Å². The molecular weight excluding hydrogens is 292 g/mol. The number of hydrogen-bond acceptors (Lipinski definition) is 3. The first-order valence-corrected chi connectivity index (χ1v) is 7.75. The molecule has 0 spiro atoms. The van der Waals surface area contributed by atoms with Crippen LogP contribution in [0.3, 0.4) is 0 Å². The maximum atomic E-state index is 5.84. The lowest BCUT2D eigenvalue weighted by Crippen LogP contribution is -2.35. The van der Waals surface area contributed by atoms with Crippen molar-refractivity contribution >= 4 is 21.7 Å². The van der Waals surface area contributed by atoms with Gasteiger partial charge in [0, 0.05) is 24.6 Å². The number of alkyl halides is 1. The molecule has 0 aliphatic carbocycles. The Bertz CT molecular complexity index is 376. The van der Waals surface area contributed by atoms with Crippen molar-refractivity contribution in [1.82, 2.24) is 4.98 Å². The van der Waals surface area contributed by atoms with Gasteiger partial charge in [0.2, 0.25) is 0 Å². The smallest absolute Gasteiger partial charge is 0.171 e. The fourth-order valence-electron chi connectivity index (χ4n) is 2.26. The van der Waals surface area contributed by atoms with Crippen molar-refractivity contribution < 1.29 is 4.74 Å². The molecule has 0 saturated carbocycles. The lowest BCUT2D eigenvalue weighted by atomic mass is 9.99. The minimum absolute atomic E-state index is 0.188. The third-order valence-electron chi connectivity index (χ3n) is 3.25. The molecule has 0 radical (unpaired) electrons. The Morgan fingerprint density at radius 3 is 2.78 bits per heavy atom. The van der Waals surface area contributed by atoms with Gasteiger partial charge in [-0.2, -0.15) is 0 Å². The van der Waals surface area contributed by atoms with Gasteiger partial charge in [-0.05, 0) is 44.7 Å². The first kappa shape index (κ1) is 13.7. The van der Waals surface area contributed by atoms with Gasteiger partial charge in [-0.3, -0.25) is 0 Å². The highest BCUT2D eigenvalue weighted by Crippen LogP contribution is 2.30. The first-order chi connectivity index (χ1) is 8.70. The van der Waals surface area contributed by atoms with Crippen LogP contribution in [-0.4, -0.2) is 29.5 Å². The average Bonchev–Trinajstić information content (AvgIpc) is 2.39. The normalized spacial score (nSPS) is 17.2. The molecule has 0 unspecified atom stereocenters. The van der Waals surface area contributed by atoms with Gasteiger partial charge in [0.05, 0.1) is 6.10 Å². The van der Waals surface area contributed by atoms with Gasteiger partial charge >= 0.3 is 0 Å². The van der Waals surface area contributed by atoms with Gasteiger partial charge in [-0.1, -0.05) is 15.9 Å². The molecule has 3 nitrogen and oxygen atoms in total. The van der Waals surface area contributed by atoms with Gasteiger partial charge in [0.15, 0.2) is 11.6 Å². The van der Waals surface area contributed by atoms with E-state index in [1.807, 2.05) is 32.2 Å². The number of rotatable bonds is 4. The molecule has 1 fully saturated rings.